The van der Waals surface area contributed by atoms with Gasteiger partial charge < -0.3 is 4.90 Å². The number of amides is 1. The molecular weight excluding hydrogens is 356 g/mol. The summed E-state index contributed by atoms with van der Waals surface area (Å²) in [5.74, 6) is 0.730. The monoisotopic (exact) mass is 378 g/mol. The van der Waals surface area contributed by atoms with E-state index in [1.807, 2.05) is 44.2 Å². The molecule has 1 saturated heterocycles. The van der Waals surface area contributed by atoms with Crippen molar-refractivity contribution < 1.29 is 9.63 Å². The smallest absolute Gasteiger partial charge is 0.256 e. The molecule has 0 saturated carbocycles. The molecule has 3 heterocycles. The molecule has 2 aromatic heterocycles. The predicted molar refractivity (Wildman–Crippen MR) is 104 cm³/mol. The van der Waals surface area contributed by atoms with Crippen molar-refractivity contribution in [3.63, 3.8) is 0 Å². The van der Waals surface area contributed by atoms with Crippen LogP contribution in [0, 0.1) is 13.8 Å². The first-order valence-corrected chi connectivity index (χ1v) is 9.22. The van der Waals surface area contributed by atoms with E-state index in [-0.39, 0.29) is 5.91 Å². The topological polar surface area (TPSA) is 76.4 Å². The lowest BCUT2D eigenvalue weighted by Crippen LogP contribution is -2.36. The molecule has 1 aromatic carbocycles. The Morgan fingerprint density at radius 2 is 1.86 bits per heavy atom. The molecule has 28 heavy (non-hydrogen) atoms. The van der Waals surface area contributed by atoms with Crippen LogP contribution in [0.25, 0.3) is 5.69 Å². The van der Waals surface area contributed by atoms with Gasteiger partial charge in [0.15, 0.2) is 5.82 Å². The molecule has 0 unspecified atom stereocenters. The Balaban J connectivity index is 1.57. The average Bonchev–Trinajstić information content (AvgIpc) is 3.12. The van der Waals surface area contributed by atoms with E-state index in [0.29, 0.717) is 37.5 Å². The van der Waals surface area contributed by atoms with Crippen LogP contribution >= 0.6 is 0 Å². The fourth-order valence-electron chi connectivity index (χ4n) is 3.26. The van der Waals surface area contributed by atoms with Gasteiger partial charge in [0.2, 0.25) is 0 Å². The van der Waals surface area contributed by atoms with Crippen molar-refractivity contribution >= 4 is 11.7 Å². The summed E-state index contributed by atoms with van der Waals surface area (Å²) in [5.41, 5.74) is 3.30. The number of pyridine rings is 1. The molecule has 0 aliphatic carbocycles. The third-order valence-electron chi connectivity index (χ3n) is 4.70. The lowest BCUT2D eigenvalue weighted by Gasteiger charge is -2.23. The first-order chi connectivity index (χ1) is 13.6. The second-order valence-corrected chi connectivity index (χ2v) is 6.71. The van der Waals surface area contributed by atoms with Crippen LogP contribution in [0.15, 0.2) is 48.9 Å². The molecule has 8 nitrogen and oxygen atoms in total. The summed E-state index contributed by atoms with van der Waals surface area (Å²) in [4.78, 5) is 26.8. The Kier molecular flexibility index (Phi) is 5.03. The average molecular weight is 378 g/mol. The number of aryl methyl sites for hydroxylation is 2. The maximum absolute atomic E-state index is 13.3. The number of carbonyl (C=O) groups is 1. The van der Waals surface area contributed by atoms with Crippen molar-refractivity contribution in [3.8, 4) is 5.69 Å². The number of hydrogen-bond donors (Lipinski definition) is 0. The number of hydroxylamine groups is 1. The number of nitrogens with zero attached hydrogens (tertiary/aromatic N) is 6. The normalized spacial score (nSPS) is 14.8. The molecule has 0 bridgehead atoms. The van der Waals surface area contributed by atoms with Gasteiger partial charge in [-0.1, -0.05) is 17.7 Å². The van der Waals surface area contributed by atoms with E-state index in [2.05, 4.69) is 15.2 Å². The zero-order valence-electron chi connectivity index (χ0n) is 15.9. The molecule has 0 atom stereocenters. The van der Waals surface area contributed by atoms with E-state index >= 15 is 0 Å². The lowest BCUT2D eigenvalue weighted by atomic mass is 10.1. The Morgan fingerprint density at radius 3 is 2.64 bits per heavy atom. The van der Waals surface area contributed by atoms with E-state index in [1.165, 1.54) is 4.80 Å². The van der Waals surface area contributed by atoms with Crippen LogP contribution in [0.3, 0.4) is 0 Å². The van der Waals surface area contributed by atoms with E-state index in [0.717, 1.165) is 16.9 Å². The van der Waals surface area contributed by atoms with Gasteiger partial charge in [0.05, 0.1) is 36.8 Å². The Bertz CT molecular complexity index is 973. The largest absolute Gasteiger partial charge is 0.334 e. The third kappa shape index (κ3) is 3.59. The summed E-state index contributed by atoms with van der Waals surface area (Å²) in [6.45, 7) is 5.95. The standard InChI is InChI=1S/C20H22N6O2/c1-15-5-6-18(26-22-8-9-23-26)17(14-15)20(27)24-10-11-25(28-13-12-24)19-16(2)4-3-7-21-19/h3-9,14H,10-13H2,1-2H3. The fourth-order valence-corrected chi connectivity index (χ4v) is 3.26. The molecule has 8 heteroatoms. The van der Waals surface area contributed by atoms with E-state index in [1.54, 1.807) is 28.6 Å². The number of anilines is 1. The summed E-state index contributed by atoms with van der Waals surface area (Å²) in [6.07, 6.45) is 4.94. The number of aromatic nitrogens is 4. The molecular formula is C20H22N6O2. The lowest BCUT2D eigenvalue weighted by molar-refractivity contribution is 0.0729. The van der Waals surface area contributed by atoms with Crippen molar-refractivity contribution in [2.24, 2.45) is 0 Å². The maximum atomic E-state index is 13.3. The van der Waals surface area contributed by atoms with Gasteiger partial charge in [0.25, 0.3) is 5.91 Å². The summed E-state index contributed by atoms with van der Waals surface area (Å²) >= 11 is 0. The Morgan fingerprint density at radius 1 is 1.04 bits per heavy atom. The molecule has 1 fully saturated rings. The third-order valence-corrected chi connectivity index (χ3v) is 4.70. The van der Waals surface area contributed by atoms with Gasteiger partial charge in [-0.05, 0) is 37.6 Å². The highest BCUT2D eigenvalue weighted by Gasteiger charge is 2.25. The molecule has 1 aliphatic heterocycles. The number of hydrogen-bond acceptors (Lipinski definition) is 6. The fraction of sp³-hybridized carbons (Fsp3) is 0.300. The molecule has 1 amide bonds. The zero-order chi connectivity index (χ0) is 19.5. The van der Waals surface area contributed by atoms with Crippen LogP contribution in [0.5, 0.6) is 0 Å². The molecule has 3 aromatic rings. The van der Waals surface area contributed by atoms with Crippen molar-refractivity contribution in [1.82, 2.24) is 24.9 Å². The van der Waals surface area contributed by atoms with Gasteiger partial charge in [0, 0.05) is 19.3 Å². The summed E-state index contributed by atoms with van der Waals surface area (Å²) in [5, 5.41) is 10.1. The van der Waals surface area contributed by atoms with Crippen molar-refractivity contribution in [2.75, 3.05) is 31.3 Å². The molecule has 1 aliphatic rings. The Hall–Kier alpha value is -3.26. The van der Waals surface area contributed by atoms with Gasteiger partial charge in [-0.3, -0.25) is 9.63 Å². The highest BCUT2D eigenvalue weighted by atomic mass is 16.7. The van der Waals surface area contributed by atoms with Crippen LogP contribution in [0.2, 0.25) is 0 Å². The van der Waals surface area contributed by atoms with Gasteiger partial charge in [-0.2, -0.15) is 15.0 Å². The van der Waals surface area contributed by atoms with Crippen LogP contribution < -0.4 is 5.06 Å². The first-order valence-electron chi connectivity index (χ1n) is 9.22. The minimum atomic E-state index is -0.0563. The number of carbonyl (C=O) groups excluding carboxylic acids is 1. The van der Waals surface area contributed by atoms with Crippen molar-refractivity contribution in [2.45, 2.75) is 13.8 Å². The van der Waals surface area contributed by atoms with Crippen LogP contribution in [-0.4, -0.2) is 57.0 Å². The molecule has 0 N–H and O–H groups in total. The highest BCUT2D eigenvalue weighted by molar-refractivity contribution is 5.98. The molecule has 144 valence electrons. The number of benzene rings is 1. The summed E-state index contributed by atoms with van der Waals surface area (Å²) in [7, 11) is 0. The van der Waals surface area contributed by atoms with Gasteiger partial charge >= 0.3 is 0 Å². The summed E-state index contributed by atoms with van der Waals surface area (Å²) < 4.78 is 0. The second kappa shape index (κ2) is 7.77. The zero-order valence-corrected chi connectivity index (χ0v) is 15.9. The SMILES string of the molecule is Cc1ccc(-n2nccn2)c(C(=O)N2CCON(c3ncccc3C)CC2)c1. The van der Waals surface area contributed by atoms with Crippen LogP contribution in [0.4, 0.5) is 5.82 Å². The Labute approximate surface area is 163 Å². The molecule has 4 rings (SSSR count). The number of rotatable bonds is 3. The quantitative estimate of drug-likeness (QED) is 0.695. The second-order valence-electron chi connectivity index (χ2n) is 6.71. The minimum absolute atomic E-state index is 0.0563. The summed E-state index contributed by atoms with van der Waals surface area (Å²) in [6, 6.07) is 9.60. The molecule has 0 radical (unpaired) electrons. The van der Waals surface area contributed by atoms with Gasteiger partial charge in [-0.15, -0.1) is 0 Å². The van der Waals surface area contributed by atoms with Crippen molar-refractivity contribution in [3.05, 3.63) is 65.6 Å². The highest BCUT2D eigenvalue weighted by Crippen LogP contribution is 2.20. The van der Waals surface area contributed by atoms with E-state index < -0.39 is 0 Å². The van der Waals surface area contributed by atoms with Gasteiger partial charge in [-0.25, -0.2) is 10.0 Å². The maximum Gasteiger partial charge on any atom is 0.256 e. The predicted octanol–water partition coefficient (Wildman–Crippen LogP) is 2.17. The van der Waals surface area contributed by atoms with E-state index in [9.17, 15) is 4.79 Å². The van der Waals surface area contributed by atoms with Crippen LogP contribution in [0.1, 0.15) is 21.5 Å². The van der Waals surface area contributed by atoms with E-state index in [4.69, 9.17) is 4.84 Å². The van der Waals surface area contributed by atoms with Gasteiger partial charge in [0.1, 0.15) is 0 Å². The molecule has 0 spiro atoms. The van der Waals surface area contributed by atoms with Crippen LogP contribution in [-0.2, 0) is 4.84 Å². The van der Waals surface area contributed by atoms with Crippen molar-refractivity contribution in [1.29, 1.82) is 0 Å². The first kappa shape index (κ1) is 18.1. The minimum Gasteiger partial charge on any atom is -0.334 e.